The van der Waals surface area contributed by atoms with Crippen molar-refractivity contribution in [2.75, 3.05) is 9.80 Å². The van der Waals surface area contributed by atoms with Gasteiger partial charge in [0.15, 0.2) is 0 Å². The van der Waals surface area contributed by atoms with Crippen LogP contribution in [0.2, 0.25) is 0 Å². The number of para-hydroxylation sites is 4. The summed E-state index contributed by atoms with van der Waals surface area (Å²) in [5.41, 5.74) is 16.2. The third-order valence-corrected chi connectivity index (χ3v) is 13.9. The molecule has 0 amide bonds. The van der Waals surface area contributed by atoms with Gasteiger partial charge in [0.2, 0.25) is 0 Å². The Morgan fingerprint density at radius 1 is 0.473 bits per heavy atom. The van der Waals surface area contributed by atoms with Crippen molar-refractivity contribution in [3.05, 3.63) is 230 Å². The van der Waals surface area contributed by atoms with Crippen LogP contribution in [0.3, 0.4) is 0 Å². The average molecular weight is 1140 g/mol. The molecular formula is C66H54N7Pt-3. The number of fused-ring (bicyclic) bond motifs is 4. The molecule has 0 unspecified atom stereocenters. The van der Waals surface area contributed by atoms with E-state index in [0.717, 1.165) is 100 Å². The second-order valence-corrected chi connectivity index (χ2v) is 21.0. The first-order valence-corrected chi connectivity index (χ1v) is 25.0. The monoisotopic (exact) mass is 1140 g/mol. The second-order valence-electron chi connectivity index (χ2n) is 21.0. The molecule has 0 spiro atoms. The fourth-order valence-electron chi connectivity index (χ4n) is 9.94. The minimum atomic E-state index is -0.238. The van der Waals surface area contributed by atoms with Crippen LogP contribution in [0.1, 0.15) is 58.2 Å². The molecular weight excluding hydrogens is 1090 g/mol. The zero-order chi connectivity index (χ0) is 50.0. The summed E-state index contributed by atoms with van der Waals surface area (Å²) in [5, 5.41) is 2.20. The van der Waals surface area contributed by atoms with Crippen LogP contribution in [0.15, 0.2) is 194 Å². The third kappa shape index (κ3) is 8.90. The first-order valence-electron chi connectivity index (χ1n) is 25.0. The molecule has 11 aromatic rings. The Balaban J connectivity index is 0.00000588. The Morgan fingerprint density at radius 2 is 1.07 bits per heavy atom. The third-order valence-electron chi connectivity index (χ3n) is 13.9. The van der Waals surface area contributed by atoms with Gasteiger partial charge in [0.25, 0.3) is 0 Å². The predicted molar refractivity (Wildman–Crippen MR) is 300 cm³/mol. The molecule has 8 aromatic carbocycles. The van der Waals surface area contributed by atoms with E-state index >= 15 is 0 Å². The van der Waals surface area contributed by atoms with Crippen molar-refractivity contribution in [2.24, 2.45) is 0 Å². The number of nitrogens with zero attached hydrogens (tertiary/aromatic N) is 7. The van der Waals surface area contributed by atoms with E-state index in [2.05, 4.69) is 270 Å². The zero-order valence-corrected chi connectivity index (χ0v) is 44.8. The van der Waals surface area contributed by atoms with E-state index in [-0.39, 0.29) is 31.9 Å². The first kappa shape index (κ1) is 48.3. The van der Waals surface area contributed by atoms with Gasteiger partial charge in [0.05, 0.1) is 11.6 Å². The number of hydrogen-bond donors (Lipinski definition) is 0. The molecule has 0 aliphatic carbocycles. The van der Waals surface area contributed by atoms with Crippen LogP contribution in [0.5, 0.6) is 0 Å². The van der Waals surface area contributed by atoms with Crippen molar-refractivity contribution in [3.8, 4) is 62.2 Å². The van der Waals surface area contributed by atoms with E-state index in [1.54, 1.807) is 0 Å². The predicted octanol–water partition coefficient (Wildman–Crippen LogP) is 16.6. The number of aromatic nitrogens is 5. The minimum absolute atomic E-state index is 0. The Kier molecular flexibility index (Phi) is 12.5. The summed E-state index contributed by atoms with van der Waals surface area (Å²) in [6.45, 7) is 17.7. The number of pyridine rings is 1. The van der Waals surface area contributed by atoms with E-state index in [9.17, 15) is 0 Å². The van der Waals surface area contributed by atoms with E-state index in [1.165, 1.54) is 5.56 Å². The molecule has 0 radical (unpaired) electrons. The normalized spacial score (nSPS) is 12.6. The molecule has 8 heteroatoms. The van der Waals surface area contributed by atoms with Gasteiger partial charge in [-0.05, 0) is 75.7 Å². The molecule has 12 rings (SSSR count). The van der Waals surface area contributed by atoms with Gasteiger partial charge in [-0.15, -0.1) is 59.8 Å². The van der Waals surface area contributed by atoms with Crippen molar-refractivity contribution in [2.45, 2.75) is 59.3 Å². The van der Waals surface area contributed by atoms with Gasteiger partial charge in [0.1, 0.15) is 11.6 Å². The molecule has 0 N–H and O–H groups in total. The van der Waals surface area contributed by atoms with Gasteiger partial charge in [-0.3, -0.25) is 9.97 Å². The van der Waals surface area contributed by atoms with Crippen LogP contribution in [0.4, 0.5) is 22.7 Å². The summed E-state index contributed by atoms with van der Waals surface area (Å²) in [5.74, 6) is 2.44. The number of benzene rings is 8. The fraction of sp³-hybridized carbons (Fsp3) is 0.136. The standard InChI is InChI=1S/C66H54N7.Pt/c1-43-29-31-46(32-30-43)62-68-63(47-33-34-55-54-23-14-15-26-56(54)73(59(55)39-47)60-41-49(35-36-67-60)65(2,3)4)70-64(69-62)48-37-50(66(5,6)7)40-51(38-48)71-42-72(58-28-17-16-27-57(58)71)61-52(44-19-10-8-11-20-44)24-18-25-53(61)45-21-12-9-13-22-45;/h8-37,40-42H,1-7H3;/q-3;. The molecule has 3 aromatic heterocycles. The van der Waals surface area contributed by atoms with Crippen molar-refractivity contribution in [3.63, 3.8) is 0 Å². The Hall–Kier alpha value is -7.99. The molecule has 7 nitrogen and oxygen atoms in total. The van der Waals surface area contributed by atoms with E-state index in [4.69, 9.17) is 19.9 Å². The van der Waals surface area contributed by atoms with E-state index in [0.29, 0.717) is 17.5 Å². The summed E-state index contributed by atoms with van der Waals surface area (Å²) >= 11 is 0. The maximum atomic E-state index is 5.37. The molecule has 0 saturated carbocycles. The molecule has 74 heavy (non-hydrogen) atoms. The average Bonchev–Trinajstić information content (AvgIpc) is 3.97. The molecule has 0 bridgehead atoms. The zero-order valence-electron chi connectivity index (χ0n) is 42.5. The summed E-state index contributed by atoms with van der Waals surface area (Å²) in [4.78, 5) is 25.4. The maximum Gasteiger partial charge on any atom is 0.144 e. The Labute approximate surface area is 448 Å². The van der Waals surface area contributed by atoms with Crippen LogP contribution < -0.4 is 9.80 Å². The van der Waals surface area contributed by atoms with Crippen LogP contribution in [-0.2, 0) is 31.9 Å². The first-order chi connectivity index (χ1) is 35.4. The summed E-state index contributed by atoms with van der Waals surface area (Å²) in [7, 11) is 0. The van der Waals surface area contributed by atoms with Gasteiger partial charge in [-0.25, -0.2) is 4.98 Å². The molecule has 1 aliphatic rings. The number of aryl methyl sites for hydroxylation is 1. The minimum Gasteiger partial charge on any atom is -0.488 e. The van der Waals surface area contributed by atoms with Gasteiger partial charge >= 0.3 is 0 Å². The van der Waals surface area contributed by atoms with Crippen LogP contribution in [0, 0.1) is 25.7 Å². The number of hydrogen-bond acceptors (Lipinski definition) is 6. The Bertz CT molecular complexity index is 3810. The van der Waals surface area contributed by atoms with Crippen molar-refractivity contribution >= 4 is 44.6 Å². The van der Waals surface area contributed by atoms with Crippen molar-refractivity contribution in [1.82, 2.24) is 24.5 Å². The quantitative estimate of drug-likeness (QED) is 0.141. The Morgan fingerprint density at radius 3 is 1.73 bits per heavy atom. The van der Waals surface area contributed by atoms with Crippen LogP contribution in [0.25, 0.3) is 84.0 Å². The maximum absolute atomic E-state index is 5.37. The summed E-state index contributed by atoms with van der Waals surface area (Å²) in [6.07, 6.45) is 1.91. The fourth-order valence-corrected chi connectivity index (χ4v) is 9.94. The molecule has 0 saturated heterocycles. The van der Waals surface area contributed by atoms with Gasteiger partial charge < -0.3 is 19.4 Å². The topological polar surface area (TPSA) is 63.0 Å². The summed E-state index contributed by atoms with van der Waals surface area (Å²) < 4.78 is 2.22. The van der Waals surface area contributed by atoms with Crippen LogP contribution in [-0.4, -0.2) is 24.5 Å². The van der Waals surface area contributed by atoms with Gasteiger partial charge in [-0.1, -0.05) is 192 Å². The second kappa shape index (κ2) is 19.1. The van der Waals surface area contributed by atoms with Crippen molar-refractivity contribution < 1.29 is 21.1 Å². The molecule has 0 fully saturated rings. The molecule has 1 aliphatic heterocycles. The smallest absolute Gasteiger partial charge is 0.144 e. The van der Waals surface area contributed by atoms with Gasteiger partial charge in [0, 0.05) is 66.5 Å². The van der Waals surface area contributed by atoms with E-state index < -0.39 is 0 Å². The molecule has 0 atom stereocenters. The van der Waals surface area contributed by atoms with Crippen LogP contribution >= 0.6 is 0 Å². The van der Waals surface area contributed by atoms with Crippen molar-refractivity contribution in [1.29, 1.82) is 0 Å². The largest absolute Gasteiger partial charge is 0.488 e. The van der Waals surface area contributed by atoms with E-state index in [1.807, 2.05) is 6.20 Å². The molecule has 366 valence electrons. The number of rotatable bonds is 8. The summed E-state index contributed by atoms with van der Waals surface area (Å²) in [6, 6.07) is 74.1. The van der Waals surface area contributed by atoms with Gasteiger partial charge in [-0.2, -0.15) is 0 Å². The number of anilines is 4. The molecule has 4 heterocycles. The SMILES string of the molecule is Cc1ccc(-c2nc(-c3[c-]c4c(cc3)c3ccccc3n4-c3cc(C(C)(C)C)ccn3)nc(-c3[c-]c(N4[CH-]N(c5c(-c6ccccc6)cccc5-c5ccccc5)c5ccccc54)cc(C(C)(C)C)c3)n2)cc1.[Pt].